The minimum Gasteiger partial charge on any atom is -0.322 e. The van der Waals surface area contributed by atoms with E-state index in [0.29, 0.717) is 11.3 Å². The Morgan fingerprint density at radius 1 is 1.05 bits per heavy atom. The number of aryl methyl sites for hydroxylation is 1. The van der Waals surface area contributed by atoms with Crippen molar-refractivity contribution in [1.82, 2.24) is 4.31 Å². The minimum absolute atomic E-state index is 0.186. The smallest absolute Gasteiger partial charge is 0.255 e. The average Bonchev–Trinajstić information content (AvgIpc) is 2.47. The fourth-order valence-corrected chi connectivity index (χ4v) is 2.81. The fraction of sp³-hybridized carbons (Fsp3) is 0.188. The van der Waals surface area contributed by atoms with Gasteiger partial charge in [-0.15, -0.1) is 0 Å². The number of carbonyl (C=O) groups is 1. The quantitative estimate of drug-likeness (QED) is 0.942. The maximum Gasteiger partial charge on any atom is 0.255 e. The molecule has 0 heterocycles. The van der Waals surface area contributed by atoms with Crippen molar-refractivity contribution in [2.45, 2.75) is 11.8 Å². The fourth-order valence-electron chi connectivity index (χ4n) is 1.91. The summed E-state index contributed by atoms with van der Waals surface area (Å²) in [5, 5.41) is 2.75. The second kappa shape index (κ2) is 6.29. The highest BCUT2D eigenvalue weighted by Crippen LogP contribution is 2.17. The maximum atomic E-state index is 12.1. The molecule has 0 fully saturated rings. The lowest BCUT2D eigenvalue weighted by atomic mass is 10.1. The number of amides is 1. The van der Waals surface area contributed by atoms with Crippen LogP contribution >= 0.6 is 0 Å². The number of nitrogens with zero attached hydrogens (tertiary/aromatic N) is 1. The second-order valence-electron chi connectivity index (χ2n) is 5.14. The van der Waals surface area contributed by atoms with E-state index < -0.39 is 10.0 Å². The molecule has 2 aromatic carbocycles. The molecule has 2 rings (SSSR count). The molecule has 22 heavy (non-hydrogen) atoms. The molecule has 0 radical (unpaired) electrons. The first-order valence-electron chi connectivity index (χ1n) is 6.71. The van der Waals surface area contributed by atoms with Crippen LogP contribution in [-0.4, -0.2) is 32.7 Å². The van der Waals surface area contributed by atoms with E-state index in [4.69, 9.17) is 0 Å². The van der Waals surface area contributed by atoms with Gasteiger partial charge in [-0.05, 0) is 43.3 Å². The number of carbonyl (C=O) groups excluding carboxylic acids is 1. The van der Waals surface area contributed by atoms with Crippen LogP contribution in [0.5, 0.6) is 0 Å². The number of sulfonamides is 1. The SMILES string of the molecule is Cc1cccc(C(=O)Nc2ccc(S(=O)(=O)N(C)C)cc2)c1. The zero-order valence-electron chi connectivity index (χ0n) is 12.7. The first-order valence-corrected chi connectivity index (χ1v) is 8.15. The topological polar surface area (TPSA) is 66.5 Å². The van der Waals surface area contributed by atoms with Gasteiger partial charge in [0.05, 0.1) is 4.90 Å². The first-order chi connectivity index (χ1) is 10.3. The molecule has 0 atom stereocenters. The van der Waals surface area contributed by atoms with Crippen LogP contribution in [0, 0.1) is 6.92 Å². The Morgan fingerprint density at radius 3 is 2.23 bits per heavy atom. The minimum atomic E-state index is -3.46. The van der Waals surface area contributed by atoms with Crippen LogP contribution in [0.4, 0.5) is 5.69 Å². The van der Waals surface area contributed by atoms with Crippen LogP contribution in [0.1, 0.15) is 15.9 Å². The summed E-state index contributed by atoms with van der Waals surface area (Å²) in [6.45, 7) is 1.91. The van der Waals surface area contributed by atoms with Crippen LogP contribution in [0.2, 0.25) is 0 Å². The third kappa shape index (κ3) is 3.52. The molecule has 0 unspecified atom stereocenters. The molecule has 6 heteroatoms. The normalized spacial score (nSPS) is 11.5. The van der Waals surface area contributed by atoms with Crippen molar-refractivity contribution >= 4 is 21.6 Å². The van der Waals surface area contributed by atoms with Crippen molar-refractivity contribution < 1.29 is 13.2 Å². The molecule has 0 aliphatic rings. The van der Waals surface area contributed by atoms with Gasteiger partial charge in [-0.1, -0.05) is 17.7 Å². The largest absolute Gasteiger partial charge is 0.322 e. The zero-order valence-corrected chi connectivity index (χ0v) is 13.5. The van der Waals surface area contributed by atoms with Gasteiger partial charge >= 0.3 is 0 Å². The summed E-state index contributed by atoms with van der Waals surface area (Å²) in [5.41, 5.74) is 2.11. The summed E-state index contributed by atoms with van der Waals surface area (Å²) >= 11 is 0. The Labute approximate surface area is 130 Å². The van der Waals surface area contributed by atoms with E-state index in [9.17, 15) is 13.2 Å². The van der Waals surface area contributed by atoms with E-state index in [0.717, 1.165) is 9.87 Å². The first kappa shape index (κ1) is 16.2. The van der Waals surface area contributed by atoms with Gasteiger partial charge in [0.1, 0.15) is 0 Å². The van der Waals surface area contributed by atoms with Gasteiger partial charge in [0.15, 0.2) is 0 Å². The molecule has 0 saturated carbocycles. The predicted molar refractivity (Wildman–Crippen MR) is 86.4 cm³/mol. The number of anilines is 1. The highest BCUT2D eigenvalue weighted by Gasteiger charge is 2.16. The molecule has 0 spiro atoms. The van der Waals surface area contributed by atoms with Crippen LogP contribution in [0.15, 0.2) is 53.4 Å². The average molecular weight is 318 g/mol. The Hall–Kier alpha value is -2.18. The molecule has 2 aromatic rings. The van der Waals surface area contributed by atoms with Crippen molar-refractivity contribution in [3.8, 4) is 0 Å². The van der Waals surface area contributed by atoms with E-state index >= 15 is 0 Å². The highest BCUT2D eigenvalue weighted by molar-refractivity contribution is 7.89. The lowest BCUT2D eigenvalue weighted by Gasteiger charge is -2.12. The van der Waals surface area contributed by atoms with Gasteiger partial charge < -0.3 is 5.32 Å². The Bertz CT molecular complexity index is 781. The summed E-state index contributed by atoms with van der Waals surface area (Å²) in [4.78, 5) is 12.3. The monoisotopic (exact) mass is 318 g/mol. The van der Waals surface area contributed by atoms with Crippen LogP contribution in [-0.2, 0) is 10.0 Å². The summed E-state index contributed by atoms with van der Waals surface area (Å²) in [6, 6.07) is 13.3. The van der Waals surface area contributed by atoms with Gasteiger partial charge in [-0.2, -0.15) is 0 Å². The van der Waals surface area contributed by atoms with Gasteiger partial charge in [0, 0.05) is 25.3 Å². The molecule has 0 aliphatic heterocycles. The lowest BCUT2D eigenvalue weighted by Crippen LogP contribution is -2.22. The van der Waals surface area contributed by atoms with Crippen molar-refractivity contribution in [1.29, 1.82) is 0 Å². The van der Waals surface area contributed by atoms with Crippen molar-refractivity contribution in [3.05, 3.63) is 59.7 Å². The molecule has 0 aromatic heterocycles. The van der Waals surface area contributed by atoms with E-state index in [2.05, 4.69) is 5.32 Å². The summed E-state index contributed by atoms with van der Waals surface area (Å²) in [7, 11) is -0.509. The van der Waals surface area contributed by atoms with E-state index in [1.807, 2.05) is 19.1 Å². The van der Waals surface area contributed by atoms with Gasteiger partial charge in [-0.3, -0.25) is 4.79 Å². The molecular weight excluding hydrogens is 300 g/mol. The Balaban J connectivity index is 2.17. The van der Waals surface area contributed by atoms with Crippen LogP contribution in [0.3, 0.4) is 0 Å². The van der Waals surface area contributed by atoms with Crippen LogP contribution in [0.25, 0.3) is 0 Å². The molecule has 0 bridgehead atoms. The molecule has 116 valence electrons. The summed E-state index contributed by atoms with van der Waals surface area (Å²) < 4.78 is 25.1. The Kier molecular flexibility index (Phi) is 4.63. The lowest BCUT2D eigenvalue weighted by molar-refractivity contribution is 0.102. The predicted octanol–water partition coefficient (Wildman–Crippen LogP) is 2.50. The number of nitrogens with one attached hydrogen (secondary N) is 1. The zero-order chi connectivity index (χ0) is 16.3. The van der Waals surface area contributed by atoms with Gasteiger partial charge in [-0.25, -0.2) is 12.7 Å². The van der Waals surface area contributed by atoms with Crippen molar-refractivity contribution in [2.75, 3.05) is 19.4 Å². The third-order valence-corrected chi connectivity index (χ3v) is 5.00. The molecule has 0 saturated heterocycles. The maximum absolute atomic E-state index is 12.1. The molecule has 1 N–H and O–H groups in total. The van der Waals surface area contributed by atoms with Crippen molar-refractivity contribution in [2.24, 2.45) is 0 Å². The van der Waals surface area contributed by atoms with E-state index in [1.165, 1.54) is 26.2 Å². The number of hydrogen-bond donors (Lipinski definition) is 1. The Morgan fingerprint density at radius 2 is 1.68 bits per heavy atom. The van der Waals surface area contributed by atoms with E-state index in [-0.39, 0.29) is 10.8 Å². The van der Waals surface area contributed by atoms with Gasteiger partial charge in [0.25, 0.3) is 5.91 Å². The third-order valence-electron chi connectivity index (χ3n) is 3.17. The summed E-state index contributed by atoms with van der Waals surface area (Å²) in [6.07, 6.45) is 0. The number of rotatable bonds is 4. The molecule has 5 nitrogen and oxygen atoms in total. The standard InChI is InChI=1S/C16H18N2O3S/c1-12-5-4-6-13(11-12)16(19)17-14-7-9-15(10-8-14)22(20,21)18(2)3/h4-11H,1-3H3,(H,17,19). The highest BCUT2D eigenvalue weighted by atomic mass is 32.2. The molecule has 1 amide bonds. The number of benzene rings is 2. The van der Waals surface area contributed by atoms with Crippen LogP contribution < -0.4 is 5.32 Å². The van der Waals surface area contributed by atoms with E-state index in [1.54, 1.807) is 24.3 Å². The second-order valence-corrected chi connectivity index (χ2v) is 7.29. The van der Waals surface area contributed by atoms with Crippen molar-refractivity contribution in [3.63, 3.8) is 0 Å². The summed E-state index contributed by atoms with van der Waals surface area (Å²) in [5.74, 6) is -0.230. The number of hydrogen-bond acceptors (Lipinski definition) is 3. The molecular formula is C16H18N2O3S. The molecule has 0 aliphatic carbocycles. The van der Waals surface area contributed by atoms with Gasteiger partial charge in [0.2, 0.25) is 10.0 Å².